The molecule has 0 spiro atoms. The van der Waals surface area contributed by atoms with Gasteiger partial charge in [0.15, 0.2) is 11.6 Å². The van der Waals surface area contributed by atoms with E-state index in [4.69, 9.17) is 4.74 Å². The number of aryl methyl sites for hydroxylation is 1. The summed E-state index contributed by atoms with van der Waals surface area (Å²) >= 11 is 0. The van der Waals surface area contributed by atoms with Crippen molar-refractivity contribution < 1.29 is 9.53 Å². The van der Waals surface area contributed by atoms with E-state index in [1.165, 1.54) is 0 Å². The molecule has 0 bridgehead atoms. The second-order valence-corrected chi connectivity index (χ2v) is 5.62. The third-order valence-electron chi connectivity index (χ3n) is 4.06. The Bertz CT molecular complexity index is 648. The Kier molecular flexibility index (Phi) is 4.24. The summed E-state index contributed by atoms with van der Waals surface area (Å²) in [5, 5.41) is 7.15. The lowest BCUT2D eigenvalue weighted by Crippen LogP contribution is -2.39. The summed E-state index contributed by atoms with van der Waals surface area (Å²) in [6.07, 6.45) is 4.77. The number of aromatic nitrogens is 4. The first-order chi connectivity index (χ1) is 10.7. The number of piperidine rings is 1. The lowest BCUT2D eigenvalue weighted by atomic mass is 10.0. The second-order valence-electron chi connectivity index (χ2n) is 5.62. The normalized spacial score (nSPS) is 18.6. The minimum Gasteiger partial charge on any atom is -0.377 e. The third-order valence-corrected chi connectivity index (χ3v) is 4.06. The molecule has 118 valence electrons. The predicted molar refractivity (Wildman–Crippen MR) is 80.3 cm³/mol. The zero-order chi connectivity index (χ0) is 15.5. The number of nitrogens with one attached hydrogen (secondary N) is 2. The van der Waals surface area contributed by atoms with Gasteiger partial charge < -0.3 is 14.6 Å². The van der Waals surface area contributed by atoms with Crippen molar-refractivity contribution in [3.05, 3.63) is 35.2 Å². The fourth-order valence-electron chi connectivity index (χ4n) is 2.92. The van der Waals surface area contributed by atoms with Gasteiger partial charge in [-0.1, -0.05) is 0 Å². The molecule has 3 rings (SSSR count). The molecule has 7 nitrogen and oxygen atoms in total. The van der Waals surface area contributed by atoms with Gasteiger partial charge in [0.2, 0.25) is 0 Å². The molecule has 0 unspecified atom stereocenters. The Morgan fingerprint density at radius 2 is 2.36 bits per heavy atom. The van der Waals surface area contributed by atoms with Gasteiger partial charge in [-0.15, -0.1) is 0 Å². The average molecular weight is 303 g/mol. The van der Waals surface area contributed by atoms with Crippen molar-refractivity contribution in [2.45, 2.75) is 38.8 Å². The fourth-order valence-corrected chi connectivity index (χ4v) is 2.92. The first-order valence-corrected chi connectivity index (χ1v) is 7.55. The minimum atomic E-state index is -0.0780. The molecule has 1 saturated heterocycles. The van der Waals surface area contributed by atoms with Crippen molar-refractivity contribution in [2.75, 3.05) is 13.7 Å². The maximum absolute atomic E-state index is 12.8. The van der Waals surface area contributed by atoms with Crippen molar-refractivity contribution in [1.82, 2.24) is 25.1 Å². The number of carbonyl (C=O) groups is 1. The van der Waals surface area contributed by atoms with Gasteiger partial charge >= 0.3 is 0 Å². The van der Waals surface area contributed by atoms with Gasteiger partial charge in [0.1, 0.15) is 12.3 Å². The number of rotatable bonds is 4. The molecule has 3 heterocycles. The maximum Gasteiger partial charge on any atom is 0.271 e. The van der Waals surface area contributed by atoms with Crippen LogP contribution in [-0.4, -0.2) is 44.6 Å². The summed E-state index contributed by atoms with van der Waals surface area (Å²) in [5.74, 6) is 1.38. The van der Waals surface area contributed by atoms with Crippen molar-refractivity contribution in [2.24, 2.45) is 0 Å². The van der Waals surface area contributed by atoms with Crippen LogP contribution in [0.3, 0.4) is 0 Å². The number of amides is 1. The van der Waals surface area contributed by atoms with Crippen LogP contribution >= 0.6 is 0 Å². The molecule has 1 atom stereocenters. The lowest BCUT2D eigenvalue weighted by molar-refractivity contribution is 0.0594. The standard InChI is InChI=1S/C15H21N5O2/c1-10-6-7-16-13(10)15(21)20-8-4-3-5-11(20)14-17-12(9-22-2)18-19-14/h6-7,11,16H,3-5,8-9H2,1-2H3,(H,17,18,19)/t11-/m0/s1. The number of ether oxygens (including phenoxy) is 1. The molecule has 2 aromatic rings. The maximum atomic E-state index is 12.8. The van der Waals surface area contributed by atoms with E-state index in [9.17, 15) is 4.79 Å². The summed E-state index contributed by atoms with van der Waals surface area (Å²) in [7, 11) is 1.62. The lowest BCUT2D eigenvalue weighted by Gasteiger charge is -2.34. The van der Waals surface area contributed by atoms with Gasteiger partial charge in [0.05, 0.1) is 6.04 Å². The van der Waals surface area contributed by atoms with Crippen LogP contribution in [0, 0.1) is 6.92 Å². The molecular formula is C15H21N5O2. The smallest absolute Gasteiger partial charge is 0.271 e. The van der Waals surface area contributed by atoms with Gasteiger partial charge in [-0.3, -0.25) is 9.89 Å². The highest BCUT2D eigenvalue weighted by molar-refractivity contribution is 5.94. The van der Waals surface area contributed by atoms with E-state index in [0.717, 1.165) is 31.4 Å². The fraction of sp³-hybridized carbons (Fsp3) is 0.533. The van der Waals surface area contributed by atoms with E-state index < -0.39 is 0 Å². The minimum absolute atomic E-state index is 0.0188. The van der Waals surface area contributed by atoms with Crippen LogP contribution in [0.25, 0.3) is 0 Å². The van der Waals surface area contributed by atoms with Crippen molar-refractivity contribution >= 4 is 5.91 Å². The Balaban J connectivity index is 1.84. The monoisotopic (exact) mass is 303 g/mol. The van der Waals surface area contributed by atoms with Crippen LogP contribution < -0.4 is 0 Å². The number of nitrogens with zero attached hydrogens (tertiary/aromatic N) is 3. The molecule has 7 heteroatoms. The first kappa shape index (κ1) is 14.8. The number of likely N-dealkylation sites (tertiary alicyclic amines) is 1. The van der Waals surface area contributed by atoms with E-state index in [2.05, 4.69) is 20.2 Å². The molecule has 0 aromatic carbocycles. The number of hydrogen-bond donors (Lipinski definition) is 2. The van der Waals surface area contributed by atoms with Crippen LogP contribution in [0.1, 0.15) is 53.0 Å². The van der Waals surface area contributed by atoms with Crippen LogP contribution in [-0.2, 0) is 11.3 Å². The van der Waals surface area contributed by atoms with Gasteiger partial charge in [-0.25, -0.2) is 4.98 Å². The number of H-pyrrole nitrogens is 2. The van der Waals surface area contributed by atoms with E-state index in [1.807, 2.05) is 17.9 Å². The van der Waals surface area contributed by atoms with Gasteiger partial charge in [-0.2, -0.15) is 5.10 Å². The second kappa shape index (κ2) is 6.31. The molecule has 2 N–H and O–H groups in total. The third kappa shape index (κ3) is 2.76. The highest BCUT2D eigenvalue weighted by Crippen LogP contribution is 2.30. The Morgan fingerprint density at radius 3 is 3.09 bits per heavy atom. The Morgan fingerprint density at radius 1 is 1.50 bits per heavy atom. The summed E-state index contributed by atoms with van der Waals surface area (Å²) < 4.78 is 5.06. The summed E-state index contributed by atoms with van der Waals surface area (Å²) in [6.45, 7) is 3.06. The van der Waals surface area contributed by atoms with E-state index in [0.29, 0.717) is 23.9 Å². The average Bonchev–Trinajstić information content (AvgIpc) is 3.16. The first-order valence-electron chi connectivity index (χ1n) is 7.55. The molecule has 22 heavy (non-hydrogen) atoms. The molecule has 2 aromatic heterocycles. The van der Waals surface area contributed by atoms with E-state index >= 15 is 0 Å². The van der Waals surface area contributed by atoms with Gasteiger partial charge in [-0.05, 0) is 37.8 Å². The quantitative estimate of drug-likeness (QED) is 0.904. The SMILES string of the molecule is COCc1nc([C@@H]2CCCCN2C(=O)c2[nH]ccc2C)n[nH]1. The van der Waals surface area contributed by atoms with Crippen LogP contribution in [0.4, 0.5) is 0 Å². The molecule has 0 aliphatic carbocycles. The summed E-state index contributed by atoms with van der Waals surface area (Å²) in [5.41, 5.74) is 1.61. The highest BCUT2D eigenvalue weighted by atomic mass is 16.5. The largest absolute Gasteiger partial charge is 0.377 e. The molecule has 0 saturated carbocycles. The Hall–Kier alpha value is -2.15. The van der Waals surface area contributed by atoms with Crippen LogP contribution in [0.5, 0.6) is 0 Å². The van der Waals surface area contributed by atoms with Gasteiger partial charge in [0, 0.05) is 19.9 Å². The van der Waals surface area contributed by atoms with Crippen molar-refractivity contribution in [3.8, 4) is 0 Å². The predicted octanol–water partition coefficient (Wildman–Crippen LogP) is 1.96. The summed E-state index contributed by atoms with van der Waals surface area (Å²) in [6, 6.07) is 1.83. The molecule has 0 radical (unpaired) electrons. The molecule has 1 aliphatic rings. The van der Waals surface area contributed by atoms with E-state index in [1.54, 1.807) is 13.3 Å². The van der Waals surface area contributed by atoms with E-state index in [-0.39, 0.29) is 11.9 Å². The molecule has 1 aliphatic heterocycles. The van der Waals surface area contributed by atoms with Crippen LogP contribution in [0.2, 0.25) is 0 Å². The Labute approximate surface area is 129 Å². The number of carbonyl (C=O) groups excluding carboxylic acids is 1. The van der Waals surface area contributed by atoms with Gasteiger partial charge in [0.25, 0.3) is 5.91 Å². The number of aromatic amines is 2. The van der Waals surface area contributed by atoms with Crippen LogP contribution in [0.15, 0.2) is 12.3 Å². The zero-order valence-corrected chi connectivity index (χ0v) is 12.9. The molecule has 1 amide bonds. The number of methoxy groups -OCH3 is 1. The molecular weight excluding hydrogens is 282 g/mol. The summed E-state index contributed by atoms with van der Waals surface area (Å²) in [4.78, 5) is 22.2. The zero-order valence-electron chi connectivity index (χ0n) is 12.9. The number of hydrogen-bond acceptors (Lipinski definition) is 4. The van der Waals surface area contributed by atoms with Crippen molar-refractivity contribution in [1.29, 1.82) is 0 Å². The topological polar surface area (TPSA) is 86.9 Å². The molecule has 1 fully saturated rings. The van der Waals surface area contributed by atoms with Crippen molar-refractivity contribution in [3.63, 3.8) is 0 Å². The highest BCUT2D eigenvalue weighted by Gasteiger charge is 2.32.